The molecule has 0 aliphatic heterocycles. The Balaban J connectivity index is 2.81. The Morgan fingerprint density at radius 2 is 1.86 bits per heavy atom. The summed E-state index contributed by atoms with van der Waals surface area (Å²) >= 11 is 0. The molecule has 22 heavy (non-hydrogen) atoms. The number of hydrogen-bond acceptors (Lipinski definition) is 4. The zero-order valence-corrected chi connectivity index (χ0v) is 16.3. The average molecular weight is 329 g/mol. The fraction of sp³-hybridized carbons (Fsp3) is 0.824. The molecule has 1 unspecified atom stereocenters. The minimum atomic E-state index is -1.36. The maximum absolute atomic E-state index is 10.7. The lowest BCUT2D eigenvalue weighted by Gasteiger charge is -2.32. The molecule has 0 aromatic heterocycles. The molecule has 1 aliphatic carbocycles. The zero-order chi connectivity index (χ0) is 17.1. The fourth-order valence-corrected chi connectivity index (χ4v) is 3.62. The maximum Gasteiger partial charge on any atom is 0.293 e. The lowest BCUT2D eigenvalue weighted by Crippen LogP contribution is -2.35. The van der Waals surface area contributed by atoms with Crippen molar-refractivity contribution >= 4 is 15.5 Å². The van der Waals surface area contributed by atoms with Crippen LogP contribution in [0, 0.1) is 5.92 Å². The summed E-state index contributed by atoms with van der Waals surface area (Å²) in [7, 11) is -1.36. The molecule has 0 aromatic carbocycles. The Morgan fingerprint density at radius 3 is 2.32 bits per heavy atom. The van der Waals surface area contributed by atoms with Gasteiger partial charge in [0.2, 0.25) is 0 Å². The molecule has 4 atom stereocenters. The molecule has 0 heterocycles. The molecule has 0 spiro atoms. The third-order valence-electron chi connectivity index (χ3n) is 4.30. The van der Waals surface area contributed by atoms with Crippen LogP contribution in [0.5, 0.6) is 0 Å². The fourth-order valence-electron chi connectivity index (χ4n) is 2.39. The molecule has 128 valence electrons. The van der Waals surface area contributed by atoms with Crippen LogP contribution in [0.2, 0.25) is 11.6 Å². The molecule has 0 radical (unpaired) electrons. The second-order valence-corrected chi connectivity index (χ2v) is 11.5. The van der Waals surface area contributed by atoms with Gasteiger partial charge in [-0.1, -0.05) is 27.4 Å². The summed E-state index contributed by atoms with van der Waals surface area (Å²) in [4.78, 5) is 10.7. The lowest BCUT2D eigenvalue weighted by molar-refractivity contribution is -0.132. The topological polar surface area (TPSA) is 44.8 Å². The smallest absolute Gasteiger partial charge is 0.293 e. The van der Waals surface area contributed by atoms with E-state index in [9.17, 15) is 4.79 Å². The van der Waals surface area contributed by atoms with E-state index in [4.69, 9.17) is 13.9 Å². The standard InChI is InChI=1S/C17H32O4Si/c1-12-13(10-20-16(2,3)4)15(9-14(12)19-11-18)21-22(8)17(5,6)7/h11,13-15,22H,1,9-10H2,2-8H3/t13-,14+,15-,22?/m0/s1. The Hall–Kier alpha value is -0.653. The van der Waals surface area contributed by atoms with Crippen LogP contribution in [0.4, 0.5) is 0 Å². The molecule has 0 N–H and O–H groups in total. The van der Waals surface area contributed by atoms with Gasteiger partial charge in [0.05, 0.1) is 18.3 Å². The molecular formula is C17H32O4Si. The maximum atomic E-state index is 10.7. The van der Waals surface area contributed by atoms with Crippen molar-refractivity contribution in [2.45, 2.75) is 77.4 Å². The van der Waals surface area contributed by atoms with Crippen molar-refractivity contribution < 1.29 is 18.7 Å². The largest absolute Gasteiger partial charge is 0.460 e. The third-order valence-corrected chi connectivity index (χ3v) is 7.50. The molecule has 0 bridgehead atoms. The highest BCUT2D eigenvalue weighted by Crippen LogP contribution is 2.38. The van der Waals surface area contributed by atoms with E-state index in [2.05, 4.69) is 33.9 Å². The van der Waals surface area contributed by atoms with E-state index in [-0.39, 0.29) is 28.8 Å². The van der Waals surface area contributed by atoms with Gasteiger partial charge in [0.1, 0.15) is 6.10 Å². The van der Waals surface area contributed by atoms with Crippen LogP contribution in [0.1, 0.15) is 48.0 Å². The van der Waals surface area contributed by atoms with E-state index in [1.54, 1.807) is 0 Å². The predicted octanol–water partition coefficient (Wildman–Crippen LogP) is 3.46. The highest BCUT2D eigenvalue weighted by molar-refractivity contribution is 6.53. The van der Waals surface area contributed by atoms with Crippen LogP contribution in [-0.2, 0) is 18.7 Å². The van der Waals surface area contributed by atoms with Gasteiger partial charge >= 0.3 is 0 Å². The minimum absolute atomic E-state index is 0.0284. The molecule has 1 fully saturated rings. The van der Waals surface area contributed by atoms with Crippen molar-refractivity contribution in [3.63, 3.8) is 0 Å². The van der Waals surface area contributed by atoms with E-state index in [0.29, 0.717) is 19.5 Å². The summed E-state index contributed by atoms with van der Waals surface area (Å²) in [6, 6.07) is 0. The first kappa shape index (κ1) is 19.4. The number of rotatable bonds is 6. The van der Waals surface area contributed by atoms with Gasteiger partial charge in [0.15, 0.2) is 9.04 Å². The van der Waals surface area contributed by atoms with Gasteiger partial charge in [0, 0.05) is 12.3 Å². The zero-order valence-electron chi connectivity index (χ0n) is 15.1. The van der Waals surface area contributed by atoms with Crippen molar-refractivity contribution in [1.82, 2.24) is 0 Å². The Kier molecular flexibility index (Phi) is 6.42. The Bertz CT molecular complexity index is 394. The summed E-state index contributed by atoms with van der Waals surface area (Å²) in [5, 5.41) is 0.195. The van der Waals surface area contributed by atoms with E-state index < -0.39 is 9.04 Å². The highest BCUT2D eigenvalue weighted by Gasteiger charge is 2.42. The molecule has 0 aromatic rings. The normalized spacial score (nSPS) is 27.8. The first-order valence-corrected chi connectivity index (χ1v) is 10.2. The van der Waals surface area contributed by atoms with Crippen molar-refractivity contribution in [3.05, 3.63) is 12.2 Å². The molecule has 0 amide bonds. The second-order valence-electron chi connectivity index (χ2n) is 8.24. The van der Waals surface area contributed by atoms with Gasteiger partial charge in [-0.2, -0.15) is 0 Å². The molecule has 1 aliphatic rings. The van der Waals surface area contributed by atoms with Crippen molar-refractivity contribution in [3.8, 4) is 0 Å². The summed E-state index contributed by atoms with van der Waals surface area (Å²) < 4.78 is 17.5. The molecule has 5 heteroatoms. The van der Waals surface area contributed by atoms with Crippen LogP contribution in [0.25, 0.3) is 0 Å². The third kappa shape index (κ3) is 5.52. The van der Waals surface area contributed by atoms with Gasteiger partial charge in [-0.05, 0) is 37.9 Å². The van der Waals surface area contributed by atoms with E-state index in [1.165, 1.54) is 0 Å². The van der Waals surface area contributed by atoms with Crippen molar-refractivity contribution in [1.29, 1.82) is 0 Å². The Morgan fingerprint density at radius 1 is 1.27 bits per heavy atom. The van der Waals surface area contributed by atoms with Crippen molar-refractivity contribution in [2.24, 2.45) is 5.92 Å². The average Bonchev–Trinajstić information content (AvgIpc) is 2.62. The second kappa shape index (κ2) is 7.28. The van der Waals surface area contributed by atoms with Gasteiger partial charge in [-0.3, -0.25) is 4.79 Å². The summed E-state index contributed by atoms with van der Waals surface area (Å²) in [5.74, 6) is 0.0847. The van der Waals surface area contributed by atoms with Gasteiger partial charge in [0.25, 0.3) is 6.47 Å². The van der Waals surface area contributed by atoms with E-state index in [1.807, 2.05) is 20.8 Å². The van der Waals surface area contributed by atoms with Crippen LogP contribution in [0.15, 0.2) is 12.2 Å². The minimum Gasteiger partial charge on any atom is -0.460 e. The van der Waals surface area contributed by atoms with Crippen LogP contribution < -0.4 is 0 Å². The van der Waals surface area contributed by atoms with Crippen LogP contribution >= 0.6 is 0 Å². The van der Waals surface area contributed by atoms with Gasteiger partial charge in [-0.15, -0.1) is 0 Å². The first-order valence-electron chi connectivity index (χ1n) is 8.03. The molecule has 0 saturated heterocycles. The molecule has 1 saturated carbocycles. The predicted molar refractivity (Wildman–Crippen MR) is 91.5 cm³/mol. The number of carbonyl (C=O) groups excluding carboxylic acids is 1. The van der Waals surface area contributed by atoms with E-state index in [0.717, 1.165) is 5.57 Å². The summed E-state index contributed by atoms with van der Waals surface area (Å²) in [6.45, 7) is 20.2. The lowest BCUT2D eigenvalue weighted by atomic mass is 10.0. The molecule has 1 rings (SSSR count). The number of ether oxygens (including phenoxy) is 2. The number of hydrogen-bond donors (Lipinski definition) is 0. The monoisotopic (exact) mass is 328 g/mol. The molecule has 4 nitrogen and oxygen atoms in total. The quantitative estimate of drug-likeness (QED) is 0.425. The first-order chi connectivity index (χ1) is 9.95. The Labute approximate surface area is 136 Å². The summed E-state index contributed by atoms with van der Waals surface area (Å²) in [5.41, 5.74) is 0.707. The van der Waals surface area contributed by atoms with E-state index >= 15 is 0 Å². The van der Waals surface area contributed by atoms with Gasteiger partial charge < -0.3 is 13.9 Å². The van der Waals surface area contributed by atoms with Gasteiger partial charge in [-0.25, -0.2) is 0 Å². The molecular weight excluding hydrogens is 296 g/mol. The SMILES string of the molecule is C=C1[C@H](OC=O)C[C@H](O[SiH](C)C(C)(C)C)[C@H]1COC(C)(C)C. The summed E-state index contributed by atoms with van der Waals surface area (Å²) in [6.07, 6.45) is 0.460. The van der Waals surface area contributed by atoms with Crippen LogP contribution in [0.3, 0.4) is 0 Å². The highest BCUT2D eigenvalue weighted by atomic mass is 28.3. The van der Waals surface area contributed by atoms with Crippen molar-refractivity contribution in [2.75, 3.05) is 6.61 Å². The number of carbonyl (C=O) groups is 1. The van der Waals surface area contributed by atoms with Crippen LogP contribution in [-0.4, -0.2) is 39.9 Å².